The Kier molecular flexibility index (Phi) is 4.63. The zero-order chi connectivity index (χ0) is 13.7. The summed E-state index contributed by atoms with van der Waals surface area (Å²) in [5, 5.41) is 11.5. The second-order valence-electron chi connectivity index (χ2n) is 4.53. The maximum atomic E-state index is 12.0. The topological polar surface area (TPSA) is 67.8 Å². The summed E-state index contributed by atoms with van der Waals surface area (Å²) < 4.78 is 11.3. The van der Waals surface area contributed by atoms with Crippen LogP contribution in [0.4, 0.5) is 0 Å². The van der Waals surface area contributed by atoms with E-state index in [2.05, 4.69) is 5.32 Å². The van der Waals surface area contributed by atoms with Crippen molar-refractivity contribution >= 4 is 5.91 Å². The van der Waals surface area contributed by atoms with Crippen molar-refractivity contribution in [3.63, 3.8) is 0 Å². The molecule has 1 aromatic rings. The predicted molar refractivity (Wildman–Crippen MR) is 70.3 cm³/mol. The number of ether oxygens (including phenoxy) is 2. The van der Waals surface area contributed by atoms with Crippen LogP contribution in [-0.2, 0) is 4.79 Å². The van der Waals surface area contributed by atoms with Crippen LogP contribution in [0, 0.1) is 0 Å². The van der Waals surface area contributed by atoms with Gasteiger partial charge in [-0.25, -0.2) is 0 Å². The molecule has 5 heteroatoms. The van der Waals surface area contributed by atoms with Crippen LogP contribution in [0.5, 0.6) is 11.5 Å². The van der Waals surface area contributed by atoms with Gasteiger partial charge in [0, 0.05) is 13.2 Å². The fourth-order valence-electron chi connectivity index (χ4n) is 1.96. The van der Waals surface area contributed by atoms with E-state index in [4.69, 9.17) is 14.6 Å². The Morgan fingerprint density at radius 2 is 1.95 bits per heavy atom. The Balaban J connectivity index is 1.92. The monoisotopic (exact) mass is 265 g/mol. The summed E-state index contributed by atoms with van der Waals surface area (Å²) in [6.45, 7) is 2.49. The molecule has 2 rings (SSSR count). The fraction of sp³-hybridized carbons (Fsp3) is 0.500. The Bertz CT molecular complexity index is 435. The Morgan fingerprint density at radius 1 is 1.26 bits per heavy atom. The lowest BCUT2D eigenvalue weighted by Crippen LogP contribution is -2.49. The predicted octanol–water partition coefficient (Wildman–Crippen LogP) is 1.10. The molecule has 0 saturated heterocycles. The zero-order valence-electron chi connectivity index (χ0n) is 11.0. The van der Waals surface area contributed by atoms with Crippen molar-refractivity contribution in [1.29, 1.82) is 0 Å². The standard InChI is InChI=1S/C14H19NO4/c1-10-13(14(17)15-8-4-5-9-16)19-12-7-3-2-6-11(12)18-10/h2-3,6-7,10,13,16H,4-5,8-9H2,1H3,(H,15,17). The molecule has 5 nitrogen and oxygen atoms in total. The molecule has 0 aromatic heterocycles. The smallest absolute Gasteiger partial charge is 0.265 e. The Morgan fingerprint density at radius 3 is 2.63 bits per heavy atom. The number of benzene rings is 1. The lowest BCUT2D eigenvalue weighted by atomic mass is 10.1. The first-order chi connectivity index (χ1) is 9.22. The number of carbonyl (C=O) groups is 1. The van der Waals surface area contributed by atoms with Gasteiger partial charge in [-0.1, -0.05) is 12.1 Å². The van der Waals surface area contributed by atoms with Crippen LogP contribution in [0.25, 0.3) is 0 Å². The largest absolute Gasteiger partial charge is 0.482 e. The van der Waals surface area contributed by atoms with Crippen molar-refractivity contribution in [2.45, 2.75) is 32.0 Å². The highest BCUT2D eigenvalue weighted by atomic mass is 16.6. The highest BCUT2D eigenvalue weighted by molar-refractivity contribution is 5.82. The highest BCUT2D eigenvalue weighted by Crippen LogP contribution is 2.33. The maximum absolute atomic E-state index is 12.0. The van der Waals surface area contributed by atoms with E-state index in [9.17, 15) is 4.79 Å². The minimum atomic E-state index is -0.635. The van der Waals surface area contributed by atoms with E-state index in [-0.39, 0.29) is 18.6 Å². The first-order valence-electron chi connectivity index (χ1n) is 6.53. The van der Waals surface area contributed by atoms with Crippen molar-refractivity contribution in [3.8, 4) is 11.5 Å². The molecule has 2 unspecified atom stereocenters. The number of aliphatic hydroxyl groups excluding tert-OH is 1. The van der Waals surface area contributed by atoms with Gasteiger partial charge in [0.05, 0.1) is 0 Å². The SMILES string of the molecule is CC1Oc2ccccc2OC1C(=O)NCCCCO. The van der Waals surface area contributed by atoms with E-state index < -0.39 is 6.10 Å². The summed E-state index contributed by atoms with van der Waals surface area (Å²) >= 11 is 0. The lowest BCUT2D eigenvalue weighted by molar-refractivity contribution is -0.133. The summed E-state index contributed by atoms with van der Waals surface area (Å²) in [6, 6.07) is 7.31. The van der Waals surface area contributed by atoms with Crippen molar-refractivity contribution in [1.82, 2.24) is 5.32 Å². The number of hydrogen-bond acceptors (Lipinski definition) is 4. The van der Waals surface area contributed by atoms with E-state index in [1.54, 1.807) is 6.07 Å². The van der Waals surface area contributed by atoms with Gasteiger partial charge in [-0.3, -0.25) is 4.79 Å². The van der Waals surface area contributed by atoms with Crippen molar-refractivity contribution in [2.75, 3.05) is 13.2 Å². The second kappa shape index (κ2) is 6.43. The Labute approximate surface area is 112 Å². The molecule has 2 N–H and O–H groups in total. The second-order valence-corrected chi connectivity index (χ2v) is 4.53. The van der Waals surface area contributed by atoms with Crippen LogP contribution in [0.15, 0.2) is 24.3 Å². The van der Waals surface area contributed by atoms with Crippen LogP contribution in [0.3, 0.4) is 0 Å². The normalized spacial score (nSPS) is 20.9. The summed E-state index contributed by atoms with van der Waals surface area (Å²) in [6.07, 6.45) is 0.471. The van der Waals surface area contributed by atoms with Gasteiger partial charge in [0.2, 0.25) is 6.10 Å². The first kappa shape index (κ1) is 13.7. The molecule has 0 radical (unpaired) electrons. The first-order valence-corrected chi connectivity index (χ1v) is 6.53. The van der Waals surface area contributed by atoms with Crippen molar-refractivity contribution in [3.05, 3.63) is 24.3 Å². The number of rotatable bonds is 5. The zero-order valence-corrected chi connectivity index (χ0v) is 11.0. The van der Waals surface area contributed by atoms with Gasteiger partial charge in [-0.15, -0.1) is 0 Å². The average molecular weight is 265 g/mol. The average Bonchev–Trinajstić information content (AvgIpc) is 2.42. The quantitative estimate of drug-likeness (QED) is 0.782. The van der Waals surface area contributed by atoms with E-state index in [0.717, 1.165) is 6.42 Å². The van der Waals surface area contributed by atoms with Crippen LogP contribution < -0.4 is 14.8 Å². The molecule has 1 amide bonds. The van der Waals surface area contributed by atoms with Crippen molar-refractivity contribution in [2.24, 2.45) is 0 Å². The van der Waals surface area contributed by atoms with E-state index in [1.165, 1.54) is 0 Å². The van der Waals surface area contributed by atoms with Gasteiger partial charge < -0.3 is 19.9 Å². The number of para-hydroxylation sites is 2. The molecule has 19 heavy (non-hydrogen) atoms. The molecule has 1 aliphatic heterocycles. The number of carbonyl (C=O) groups excluding carboxylic acids is 1. The minimum Gasteiger partial charge on any atom is -0.482 e. The molecule has 0 fully saturated rings. The van der Waals surface area contributed by atoms with E-state index >= 15 is 0 Å². The van der Waals surface area contributed by atoms with Gasteiger partial charge in [-0.05, 0) is 31.9 Å². The van der Waals surface area contributed by atoms with E-state index in [1.807, 2.05) is 25.1 Å². The lowest BCUT2D eigenvalue weighted by Gasteiger charge is -2.31. The number of nitrogens with one attached hydrogen (secondary N) is 1. The van der Waals surface area contributed by atoms with Crippen LogP contribution >= 0.6 is 0 Å². The molecule has 1 heterocycles. The molecule has 0 aliphatic carbocycles. The highest BCUT2D eigenvalue weighted by Gasteiger charge is 2.33. The number of aliphatic hydroxyl groups is 1. The molecular weight excluding hydrogens is 246 g/mol. The number of unbranched alkanes of at least 4 members (excludes halogenated alkanes) is 1. The summed E-state index contributed by atoms with van der Waals surface area (Å²) in [5.74, 6) is 1.08. The van der Waals surface area contributed by atoms with E-state index in [0.29, 0.717) is 24.5 Å². The van der Waals surface area contributed by atoms with Gasteiger partial charge in [0.25, 0.3) is 5.91 Å². The number of amides is 1. The van der Waals surface area contributed by atoms with Gasteiger partial charge in [0.1, 0.15) is 6.10 Å². The third-order valence-corrected chi connectivity index (χ3v) is 2.98. The molecular formula is C14H19NO4. The maximum Gasteiger partial charge on any atom is 0.265 e. The third kappa shape index (κ3) is 3.38. The summed E-state index contributed by atoms with van der Waals surface area (Å²) in [4.78, 5) is 12.0. The molecule has 2 atom stereocenters. The van der Waals surface area contributed by atoms with Crippen LogP contribution in [0.2, 0.25) is 0 Å². The summed E-state index contributed by atoms with van der Waals surface area (Å²) in [7, 11) is 0. The third-order valence-electron chi connectivity index (χ3n) is 2.98. The summed E-state index contributed by atoms with van der Waals surface area (Å²) in [5.41, 5.74) is 0. The number of hydrogen-bond donors (Lipinski definition) is 2. The fourth-order valence-corrected chi connectivity index (χ4v) is 1.96. The van der Waals surface area contributed by atoms with Crippen LogP contribution in [0.1, 0.15) is 19.8 Å². The Hall–Kier alpha value is -1.75. The number of fused-ring (bicyclic) bond motifs is 1. The van der Waals surface area contributed by atoms with Crippen LogP contribution in [-0.4, -0.2) is 36.4 Å². The molecule has 1 aromatic carbocycles. The molecule has 1 aliphatic rings. The molecule has 0 spiro atoms. The molecule has 0 bridgehead atoms. The molecule has 0 saturated carbocycles. The molecule has 104 valence electrons. The van der Waals surface area contributed by atoms with Gasteiger partial charge in [0.15, 0.2) is 11.5 Å². The van der Waals surface area contributed by atoms with Gasteiger partial charge >= 0.3 is 0 Å². The van der Waals surface area contributed by atoms with Crippen molar-refractivity contribution < 1.29 is 19.4 Å². The van der Waals surface area contributed by atoms with Gasteiger partial charge in [-0.2, -0.15) is 0 Å². The minimum absolute atomic E-state index is 0.142.